The highest BCUT2D eigenvalue weighted by Crippen LogP contribution is 2.28. The minimum absolute atomic E-state index is 0.206. The van der Waals surface area contributed by atoms with E-state index in [4.69, 9.17) is 0 Å². The second kappa shape index (κ2) is 8.33. The average molecular weight is 329 g/mol. The van der Waals surface area contributed by atoms with Crippen LogP contribution in [-0.2, 0) is 4.79 Å². The predicted molar refractivity (Wildman–Crippen MR) is 90.4 cm³/mol. The molecular weight excluding hydrogens is 310 g/mol. The maximum Gasteiger partial charge on any atom is 0.254 e. The first kappa shape index (κ1) is 17.0. The molecule has 1 aromatic heterocycles. The lowest BCUT2D eigenvalue weighted by Gasteiger charge is -2.14. The summed E-state index contributed by atoms with van der Waals surface area (Å²) >= 11 is 1.42. The smallest absolute Gasteiger partial charge is 0.254 e. The second-order valence-corrected chi connectivity index (χ2v) is 5.92. The summed E-state index contributed by atoms with van der Waals surface area (Å²) in [6, 6.07) is 12.5. The molecule has 0 spiro atoms. The van der Waals surface area contributed by atoms with Crippen molar-refractivity contribution in [3.05, 3.63) is 54.2 Å². The Hall–Kier alpha value is -2.34. The van der Waals surface area contributed by atoms with E-state index >= 15 is 0 Å². The maximum atomic E-state index is 12.4. The van der Waals surface area contributed by atoms with Gasteiger partial charge in [-0.3, -0.25) is 9.59 Å². The summed E-state index contributed by atoms with van der Waals surface area (Å²) in [5.41, 5.74) is 0.456. The van der Waals surface area contributed by atoms with E-state index in [-0.39, 0.29) is 11.8 Å². The van der Waals surface area contributed by atoms with Crippen molar-refractivity contribution in [2.45, 2.75) is 29.8 Å². The van der Waals surface area contributed by atoms with Gasteiger partial charge in [0.15, 0.2) is 0 Å². The van der Waals surface area contributed by atoms with Crippen molar-refractivity contribution < 1.29 is 9.59 Å². The van der Waals surface area contributed by atoms with Gasteiger partial charge < -0.3 is 10.6 Å². The standard InChI is InChI=1S/C17H19N3O2S/c1-3-18-15(21)12(2)20-16(22)14-10-7-11-19-17(14)23-13-8-5-4-6-9-13/h4-12H,3H2,1-2H3,(H,18,21)(H,20,22). The van der Waals surface area contributed by atoms with E-state index in [2.05, 4.69) is 15.6 Å². The SMILES string of the molecule is CCNC(=O)C(C)NC(=O)c1cccnc1Sc1ccccc1. The lowest BCUT2D eigenvalue weighted by Crippen LogP contribution is -2.44. The van der Waals surface area contributed by atoms with E-state index in [0.29, 0.717) is 17.1 Å². The van der Waals surface area contributed by atoms with Crippen LogP contribution in [0.1, 0.15) is 24.2 Å². The van der Waals surface area contributed by atoms with E-state index < -0.39 is 6.04 Å². The van der Waals surface area contributed by atoms with Crippen LogP contribution < -0.4 is 10.6 Å². The fourth-order valence-corrected chi connectivity index (χ4v) is 2.81. The van der Waals surface area contributed by atoms with Crippen LogP contribution in [-0.4, -0.2) is 29.4 Å². The van der Waals surface area contributed by atoms with Crippen molar-refractivity contribution in [3.8, 4) is 0 Å². The molecule has 0 aliphatic rings. The third-order valence-corrected chi connectivity index (χ3v) is 4.09. The summed E-state index contributed by atoms with van der Waals surface area (Å²) in [4.78, 5) is 29.5. The first-order chi connectivity index (χ1) is 11.1. The molecule has 0 aliphatic heterocycles. The number of nitrogens with one attached hydrogen (secondary N) is 2. The van der Waals surface area contributed by atoms with Crippen LogP contribution in [0.2, 0.25) is 0 Å². The number of amides is 2. The van der Waals surface area contributed by atoms with Crippen LogP contribution in [0.3, 0.4) is 0 Å². The van der Waals surface area contributed by atoms with Gasteiger partial charge in [-0.05, 0) is 38.1 Å². The van der Waals surface area contributed by atoms with Crippen LogP contribution in [0.5, 0.6) is 0 Å². The Balaban J connectivity index is 2.13. The highest BCUT2D eigenvalue weighted by Gasteiger charge is 2.19. The van der Waals surface area contributed by atoms with Gasteiger partial charge in [0, 0.05) is 17.6 Å². The quantitative estimate of drug-likeness (QED) is 0.854. The fourth-order valence-electron chi connectivity index (χ4n) is 1.91. The molecule has 2 amide bonds. The van der Waals surface area contributed by atoms with Gasteiger partial charge in [-0.2, -0.15) is 0 Å². The Morgan fingerprint density at radius 2 is 1.91 bits per heavy atom. The molecular formula is C17H19N3O2S. The monoisotopic (exact) mass is 329 g/mol. The van der Waals surface area contributed by atoms with E-state index in [1.165, 1.54) is 11.8 Å². The lowest BCUT2D eigenvalue weighted by atomic mass is 10.2. The Morgan fingerprint density at radius 1 is 1.17 bits per heavy atom. The van der Waals surface area contributed by atoms with Crippen LogP contribution in [0, 0.1) is 0 Å². The minimum Gasteiger partial charge on any atom is -0.355 e. The normalized spacial score (nSPS) is 11.6. The zero-order valence-corrected chi connectivity index (χ0v) is 13.9. The zero-order valence-electron chi connectivity index (χ0n) is 13.1. The molecule has 0 aliphatic carbocycles. The number of hydrogen-bond donors (Lipinski definition) is 2. The Kier molecular flexibility index (Phi) is 6.17. The van der Waals surface area contributed by atoms with Gasteiger partial charge in [0.2, 0.25) is 5.91 Å². The van der Waals surface area contributed by atoms with Gasteiger partial charge in [0.25, 0.3) is 5.91 Å². The molecule has 0 fully saturated rings. The van der Waals surface area contributed by atoms with Crippen LogP contribution in [0.25, 0.3) is 0 Å². The topological polar surface area (TPSA) is 71.1 Å². The van der Waals surface area contributed by atoms with Crippen molar-refractivity contribution in [1.82, 2.24) is 15.6 Å². The molecule has 2 aromatic rings. The summed E-state index contributed by atoms with van der Waals surface area (Å²) in [7, 11) is 0. The summed E-state index contributed by atoms with van der Waals surface area (Å²) in [5, 5.41) is 6.00. The van der Waals surface area contributed by atoms with Crippen molar-refractivity contribution >= 4 is 23.6 Å². The van der Waals surface area contributed by atoms with E-state index in [9.17, 15) is 9.59 Å². The highest BCUT2D eigenvalue weighted by molar-refractivity contribution is 7.99. The summed E-state index contributed by atoms with van der Waals surface area (Å²) in [5.74, 6) is -0.516. The average Bonchev–Trinajstić information content (AvgIpc) is 2.56. The van der Waals surface area contributed by atoms with Crippen LogP contribution in [0.4, 0.5) is 0 Å². The minimum atomic E-state index is -0.600. The number of likely N-dealkylation sites (N-methyl/N-ethyl adjacent to an activating group) is 1. The number of carbonyl (C=O) groups is 2. The van der Waals surface area contributed by atoms with E-state index in [0.717, 1.165) is 4.90 Å². The summed E-state index contributed by atoms with van der Waals surface area (Å²) in [6.07, 6.45) is 1.65. The van der Waals surface area contributed by atoms with Gasteiger partial charge in [0.1, 0.15) is 11.1 Å². The number of nitrogens with zero attached hydrogens (tertiary/aromatic N) is 1. The molecule has 1 aromatic carbocycles. The fraction of sp³-hybridized carbons (Fsp3) is 0.235. The second-order valence-electron chi connectivity index (χ2n) is 4.86. The number of rotatable bonds is 6. The number of benzene rings is 1. The van der Waals surface area contributed by atoms with Crippen LogP contribution >= 0.6 is 11.8 Å². The predicted octanol–water partition coefficient (Wildman–Crippen LogP) is 2.49. The van der Waals surface area contributed by atoms with Crippen molar-refractivity contribution in [3.63, 3.8) is 0 Å². The number of pyridine rings is 1. The van der Waals surface area contributed by atoms with Gasteiger partial charge in [-0.1, -0.05) is 30.0 Å². The highest BCUT2D eigenvalue weighted by atomic mass is 32.2. The maximum absolute atomic E-state index is 12.4. The number of aromatic nitrogens is 1. The van der Waals surface area contributed by atoms with Gasteiger partial charge >= 0.3 is 0 Å². The molecule has 120 valence electrons. The molecule has 0 radical (unpaired) electrons. The van der Waals surface area contributed by atoms with Crippen molar-refractivity contribution in [2.75, 3.05) is 6.54 Å². The third kappa shape index (κ3) is 4.82. The molecule has 1 heterocycles. The van der Waals surface area contributed by atoms with Gasteiger partial charge in [0.05, 0.1) is 5.56 Å². The Bertz CT molecular complexity index is 677. The first-order valence-electron chi connectivity index (χ1n) is 7.38. The van der Waals surface area contributed by atoms with Crippen molar-refractivity contribution in [1.29, 1.82) is 0 Å². The molecule has 2 rings (SSSR count). The van der Waals surface area contributed by atoms with Gasteiger partial charge in [-0.25, -0.2) is 4.98 Å². The molecule has 6 heteroatoms. The third-order valence-electron chi connectivity index (χ3n) is 3.07. The number of hydrogen-bond acceptors (Lipinski definition) is 4. The van der Waals surface area contributed by atoms with Crippen molar-refractivity contribution in [2.24, 2.45) is 0 Å². The number of carbonyl (C=O) groups excluding carboxylic acids is 2. The molecule has 0 bridgehead atoms. The summed E-state index contributed by atoms with van der Waals surface area (Å²) < 4.78 is 0. The molecule has 0 saturated carbocycles. The zero-order chi connectivity index (χ0) is 16.7. The Morgan fingerprint density at radius 3 is 2.61 bits per heavy atom. The summed E-state index contributed by atoms with van der Waals surface area (Å²) in [6.45, 7) is 4.02. The van der Waals surface area contributed by atoms with E-state index in [1.54, 1.807) is 25.3 Å². The lowest BCUT2D eigenvalue weighted by molar-refractivity contribution is -0.122. The molecule has 1 unspecified atom stereocenters. The molecule has 5 nitrogen and oxygen atoms in total. The molecule has 1 atom stereocenters. The molecule has 0 saturated heterocycles. The first-order valence-corrected chi connectivity index (χ1v) is 8.20. The largest absolute Gasteiger partial charge is 0.355 e. The molecule has 2 N–H and O–H groups in total. The van der Waals surface area contributed by atoms with Gasteiger partial charge in [-0.15, -0.1) is 0 Å². The molecule has 23 heavy (non-hydrogen) atoms. The van der Waals surface area contributed by atoms with E-state index in [1.807, 2.05) is 37.3 Å². The Labute approximate surface area is 139 Å². The van der Waals surface area contributed by atoms with Crippen LogP contribution in [0.15, 0.2) is 58.6 Å².